The third-order valence-corrected chi connectivity index (χ3v) is 30.0. The molecule has 1 N–H and O–H groups in total. The van der Waals surface area contributed by atoms with E-state index in [9.17, 15) is 4.79 Å². The van der Waals surface area contributed by atoms with Crippen LogP contribution in [0.3, 0.4) is 0 Å². The first kappa shape index (κ1) is 23.2. The van der Waals surface area contributed by atoms with E-state index in [2.05, 4.69) is 58.9 Å². The first-order valence-electron chi connectivity index (χ1n) is 10.5. The van der Waals surface area contributed by atoms with Gasteiger partial charge in [-0.25, -0.2) is 0 Å². The van der Waals surface area contributed by atoms with E-state index in [1.807, 2.05) is 0 Å². The minimum Gasteiger partial charge on any atom is -1.00 e. The van der Waals surface area contributed by atoms with Gasteiger partial charge in [-0.15, -0.1) is 0 Å². The Balaban J connectivity index is 0.00000120. The van der Waals surface area contributed by atoms with Crippen LogP contribution in [0.5, 0.6) is 0 Å². The molecular formula is C23H28Cl2HfNOSi. The Morgan fingerprint density at radius 1 is 1.00 bits per heavy atom. The van der Waals surface area contributed by atoms with Crippen LogP contribution in [-0.2, 0) is 32.1 Å². The predicted octanol–water partition coefficient (Wildman–Crippen LogP) is -2.04. The van der Waals surface area contributed by atoms with Gasteiger partial charge in [0.05, 0.1) is 0 Å². The van der Waals surface area contributed by atoms with Crippen molar-refractivity contribution in [3.05, 3.63) is 53.6 Å². The Morgan fingerprint density at radius 3 is 2.45 bits per heavy atom. The summed E-state index contributed by atoms with van der Waals surface area (Å²) < 4.78 is 5.34. The van der Waals surface area contributed by atoms with Crippen molar-refractivity contribution in [1.29, 1.82) is 0 Å². The number of hydrogen-bond donors (Lipinski definition) is 1. The van der Waals surface area contributed by atoms with Gasteiger partial charge in [0.1, 0.15) is 0 Å². The van der Waals surface area contributed by atoms with Crippen molar-refractivity contribution >= 4 is 15.2 Å². The number of hydrogen-bond acceptors (Lipinski definition) is 1. The summed E-state index contributed by atoms with van der Waals surface area (Å²) in [4.78, 5) is 13.2. The summed E-state index contributed by atoms with van der Waals surface area (Å²) in [6.07, 6.45) is 6.19. The van der Waals surface area contributed by atoms with Crippen molar-refractivity contribution in [2.75, 3.05) is 0 Å². The van der Waals surface area contributed by atoms with Crippen molar-refractivity contribution in [1.82, 2.24) is 3.30 Å². The van der Waals surface area contributed by atoms with Gasteiger partial charge in [0.15, 0.2) is 0 Å². The molecule has 2 aromatic rings. The van der Waals surface area contributed by atoms with Crippen molar-refractivity contribution in [3.8, 4) is 11.1 Å². The van der Waals surface area contributed by atoms with Gasteiger partial charge in [0.2, 0.25) is 0 Å². The topological polar surface area (TPSA) is 29.1 Å². The second-order valence-electron chi connectivity index (χ2n) is 9.00. The number of rotatable bonds is 4. The number of halogens is 2. The summed E-state index contributed by atoms with van der Waals surface area (Å²) in [7, 11) is 0. The summed E-state index contributed by atoms with van der Waals surface area (Å²) >= 11 is -2.33. The van der Waals surface area contributed by atoms with Crippen LogP contribution in [0.15, 0.2) is 42.5 Å². The molecule has 0 aliphatic heterocycles. The van der Waals surface area contributed by atoms with Gasteiger partial charge in [0.25, 0.3) is 0 Å². The second-order valence-corrected chi connectivity index (χ2v) is 34.3. The van der Waals surface area contributed by atoms with Crippen molar-refractivity contribution in [3.63, 3.8) is 0 Å². The second kappa shape index (κ2) is 9.38. The van der Waals surface area contributed by atoms with Crippen molar-refractivity contribution in [2.24, 2.45) is 17.8 Å². The van der Waals surface area contributed by atoms with Crippen LogP contribution in [0, 0.1) is 17.8 Å². The third kappa shape index (κ3) is 4.20. The summed E-state index contributed by atoms with van der Waals surface area (Å²) in [5.74, 6) is 1.40. The Morgan fingerprint density at radius 2 is 1.76 bits per heavy atom. The summed E-state index contributed by atoms with van der Waals surface area (Å²) in [6, 6.07) is 15.7. The summed E-state index contributed by atoms with van der Waals surface area (Å²) in [6.45, 7) is 4.93. The standard InChI is InChI=1S/C13H9.C8H13NO.C2H7Si.2ClH.Hf/c1-3-7-12-10(5-1)9-11-6-2-4-8-13(11)12;9-8(10)7-4-5-1-2-6(7)3-5;1-3-2;;;/h1-5,7-8H,9H2;5-7H,1-4H2,(H2,9,10);3H,1-2H3;2*1H;/q;;;;;+3/p-3. The summed E-state index contributed by atoms with van der Waals surface area (Å²) in [5.41, 5.74) is 5.82. The van der Waals surface area contributed by atoms with Gasteiger partial charge < -0.3 is 24.8 Å². The molecule has 2 bridgehead atoms. The average molecular weight is 612 g/mol. The number of carbonyl (C=O) groups is 1. The van der Waals surface area contributed by atoms with E-state index in [0.29, 0.717) is 17.7 Å². The van der Waals surface area contributed by atoms with E-state index < -0.39 is 26.9 Å². The van der Waals surface area contributed by atoms with Crippen LogP contribution in [0.4, 0.5) is 0 Å². The zero-order valence-corrected chi connectivity index (χ0v) is 23.3. The quantitative estimate of drug-likeness (QED) is 0.339. The average Bonchev–Trinajstić information content (AvgIpc) is 3.39. The normalized spacial score (nSPS) is 23.1. The minimum absolute atomic E-state index is 0. The molecule has 2 aromatic carbocycles. The number of carbonyl (C=O) groups excluding carboxylic acids is 1. The molecule has 3 unspecified atom stereocenters. The molecule has 3 aliphatic rings. The third-order valence-electron chi connectivity index (χ3n) is 7.05. The number of benzene rings is 2. The fraction of sp³-hybridized carbons (Fsp3) is 0.435. The molecule has 3 atom stereocenters. The predicted molar refractivity (Wildman–Crippen MR) is 110 cm³/mol. The Kier molecular flexibility index (Phi) is 7.52. The maximum absolute atomic E-state index is 13.2. The maximum atomic E-state index is 13.2. The summed E-state index contributed by atoms with van der Waals surface area (Å²) in [5, 5.41) is 0. The van der Waals surface area contributed by atoms with Gasteiger partial charge >= 0.3 is 172 Å². The van der Waals surface area contributed by atoms with Crippen LogP contribution in [-0.4, -0.2) is 11.9 Å². The smallest absolute Gasteiger partial charge is 1.00 e. The first-order chi connectivity index (χ1) is 13.1. The fourth-order valence-electron chi connectivity index (χ4n) is 5.72. The molecule has 5 rings (SSSR count). The molecule has 153 valence electrons. The molecule has 2 nitrogen and oxygen atoms in total. The van der Waals surface area contributed by atoms with E-state index >= 15 is 0 Å². The zero-order chi connectivity index (χ0) is 18.5. The SMILES string of the molecule is C[SiH](C)[Hf+2]([NH]C(=O)C1CC2CCC1C2)[c]1cccc2c1Cc1ccccc1-2.[Cl-].[Cl-]. The molecular weight excluding hydrogens is 584 g/mol. The Labute approximate surface area is 195 Å². The van der Waals surface area contributed by atoms with Gasteiger partial charge in [-0.05, 0) is 0 Å². The molecule has 0 spiro atoms. The van der Waals surface area contributed by atoms with Gasteiger partial charge in [-0.1, -0.05) is 0 Å². The van der Waals surface area contributed by atoms with Crippen LogP contribution in [0.25, 0.3) is 11.1 Å². The number of nitrogens with one attached hydrogen (secondary N) is 1. The van der Waals surface area contributed by atoms with Gasteiger partial charge in [-0.2, -0.15) is 0 Å². The zero-order valence-electron chi connectivity index (χ0n) is 17.1. The monoisotopic (exact) mass is 612 g/mol. The molecule has 2 saturated carbocycles. The van der Waals surface area contributed by atoms with Gasteiger partial charge in [-0.3, -0.25) is 0 Å². The molecule has 0 heterocycles. The number of amides is 1. The van der Waals surface area contributed by atoms with E-state index in [0.717, 1.165) is 18.8 Å². The molecule has 3 aliphatic carbocycles. The fourth-order valence-corrected chi connectivity index (χ4v) is 24.9. The number of fused-ring (bicyclic) bond motifs is 5. The molecule has 6 heteroatoms. The first-order valence-corrected chi connectivity index (χ1v) is 23.2. The molecule has 1 amide bonds. The van der Waals surface area contributed by atoms with E-state index in [-0.39, 0.29) is 24.8 Å². The van der Waals surface area contributed by atoms with Crippen molar-refractivity contribution in [2.45, 2.75) is 45.2 Å². The Bertz CT molecular complexity index is 906. The van der Waals surface area contributed by atoms with E-state index in [1.165, 1.54) is 41.5 Å². The van der Waals surface area contributed by atoms with Crippen LogP contribution in [0.2, 0.25) is 13.1 Å². The van der Waals surface area contributed by atoms with Crippen LogP contribution < -0.4 is 31.4 Å². The molecule has 0 aromatic heterocycles. The van der Waals surface area contributed by atoms with E-state index in [1.54, 1.807) is 3.32 Å². The van der Waals surface area contributed by atoms with Crippen LogP contribution in [0.1, 0.15) is 36.8 Å². The Hall–Kier alpha value is -0.423. The molecule has 29 heavy (non-hydrogen) atoms. The van der Waals surface area contributed by atoms with Crippen LogP contribution >= 0.6 is 0 Å². The molecule has 0 saturated heterocycles. The van der Waals surface area contributed by atoms with Gasteiger partial charge in [0, 0.05) is 0 Å². The van der Waals surface area contributed by atoms with Crippen molar-refractivity contribution < 1.29 is 50.5 Å². The molecule has 0 radical (unpaired) electrons. The molecule has 2 fully saturated rings. The minimum atomic E-state index is -2.33. The largest absolute Gasteiger partial charge is 1.00 e. The van der Waals surface area contributed by atoms with E-state index in [4.69, 9.17) is 0 Å². The maximum Gasteiger partial charge on any atom is -1.00 e.